The quantitative estimate of drug-likeness (QED) is 0.910. The van der Waals surface area contributed by atoms with E-state index in [-0.39, 0.29) is 11.8 Å². The minimum atomic E-state index is -4.36. The van der Waals surface area contributed by atoms with Crippen molar-refractivity contribution >= 4 is 5.91 Å². The highest BCUT2D eigenvalue weighted by Gasteiger charge is 2.37. The molecule has 2 unspecified atom stereocenters. The number of nitrogens with zero attached hydrogens (tertiary/aromatic N) is 1. The molecule has 116 valence electrons. The molecule has 1 heterocycles. The number of carbonyl (C=O) groups is 1. The Morgan fingerprint density at radius 2 is 1.95 bits per heavy atom. The van der Waals surface area contributed by atoms with Gasteiger partial charge in [-0.2, -0.15) is 13.2 Å². The summed E-state index contributed by atoms with van der Waals surface area (Å²) in [6.45, 7) is 0.543. The molecular formula is C15H19F3N2O. The van der Waals surface area contributed by atoms with E-state index in [2.05, 4.69) is 5.32 Å². The van der Waals surface area contributed by atoms with Gasteiger partial charge < -0.3 is 10.2 Å². The van der Waals surface area contributed by atoms with Crippen LogP contribution in [-0.4, -0.2) is 37.5 Å². The van der Waals surface area contributed by atoms with Crippen LogP contribution in [0.2, 0.25) is 0 Å². The maximum absolute atomic E-state index is 13.1. The van der Waals surface area contributed by atoms with Crippen molar-refractivity contribution in [2.75, 3.05) is 20.6 Å². The summed E-state index contributed by atoms with van der Waals surface area (Å²) in [7, 11) is 3.30. The molecule has 1 aliphatic heterocycles. The van der Waals surface area contributed by atoms with Crippen LogP contribution in [0.4, 0.5) is 13.2 Å². The first-order chi connectivity index (χ1) is 9.80. The second kappa shape index (κ2) is 6.05. The van der Waals surface area contributed by atoms with Crippen LogP contribution in [0.15, 0.2) is 24.3 Å². The SMILES string of the molecule is CN(C)C(=O)C1CC(c2ccccc2C(F)(F)F)CCN1. The van der Waals surface area contributed by atoms with Crippen molar-refractivity contribution in [2.24, 2.45) is 0 Å². The van der Waals surface area contributed by atoms with Gasteiger partial charge in [0.15, 0.2) is 0 Å². The third kappa shape index (κ3) is 3.56. The standard InChI is InChI=1S/C15H19F3N2O/c1-20(2)14(21)13-9-10(7-8-19-13)11-5-3-4-6-12(11)15(16,17)18/h3-6,10,13,19H,7-9H2,1-2H3. The van der Waals surface area contributed by atoms with Crippen LogP contribution in [-0.2, 0) is 11.0 Å². The van der Waals surface area contributed by atoms with Crippen LogP contribution in [0.25, 0.3) is 0 Å². The Morgan fingerprint density at radius 3 is 2.57 bits per heavy atom. The summed E-state index contributed by atoms with van der Waals surface area (Å²) < 4.78 is 39.3. The normalized spacial score (nSPS) is 22.9. The molecule has 1 saturated heterocycles. The van der Waals surface area contributed by atoms with Crippen LogP contribution in [0, 0.1) is 0 Å². The van der Waals surface area contributed by atoms with Crippen molar-refractivity contribution in [3.05, 3.63) is 35.4 Å². The average Bonchev–Trinajstić information content (AvgIpc) is 2.45. The largest absolute Gasteiger partial charge is 0.416 e. The lowest BCUT2D eigenvalue weighted by molar-refractivity contribution is -0.138. The molecule has 1 fully saturated rings. The fraction of sp³-hybridized carbons (Fsp3) is 0.533. The Morgan fingerprint density at radius 1 is 1.29 bits per heavy atom. The summed E-state index contributed by atoms with van der Waals surface area (Å²) in [6.07, 6.45) is -3.36. The molecule has 0 spiro atoms. The van der Waals surface area contributed by atoms with Gasteiger partial charge >= 0.3 is 6.18 Å². The van der Waals surface area contributed by atoms with Crippen LogP contribution < -0.4 is 5.32 Å². The van der Waals surface area contributed by atoms with Gasteiger partial charge in [0.25, 0.3) is 0 Å². The van der Waals surface area contributed by atoms with Crippen LogP contribution in [0.1, 0.15) is 29.9 Å². The monoisotopic (exact) mass is 300 g/mol. The van der Waals surface area contributed by atoms with E-state index in [1.165, 1.54) is 17.0 Å². The minimum absolute atomic E-state index is 0.0933. The second-order valence-corrected chi connectivity index (χ2v) is 5.55. The second-order valence-electron chi connectivity index (χ2n) is 5.55. The molecule has 1 N–H and O–H groups in total. The molecule has 2 rings (SSSR count). The lowest BCUT2D eigenvalue weighted by atomic mass is 9.83. The molecule has 0 radical (unpaired) electrons. The summed E-state index contributed by atoms with van der Waals surface area (Å²) in [6, 6.07) is 5.24. The van der Waals surface area contributed by atoms with Crippen LogP contribution in [0.5, 0.6) is 0 Å². The number of alkyl halides is 3. The lowest BCUT2D eigenvalue weighted by Crippen LogP contribution is -2.47. The molecule has 1 aromatic rings. The van der Waals surface area contributed by atoms with E-state index in [9.17, 15) is 18.0 Å². The van der Waals surface area contributed by atoms with E-state index in [1.807, 2.05) is 0 Å². The van der Waals surface area contributed by atoms with E-state index in [4.69, 9.17) is 0 Å². The number of benzene rings is 1. The molecule has 0 bridgehead atoms. The van der Waals surface area contributed by atoms with Gasteiger partial charge in [0, 0.05) is 14.1 Å². The molecule has 1 aromatic carbocycles. The number of hydrogen-bond donors (Lipinski definition) is 1. The molecule has 0 aromatic heterocycles. The van der Waals surface area contributed by atoms with Crippen molar-refractivity contribution in [1.29, 1.82) is 0 Å². The first-order valence-electron chi connectivity index (χ1n) is 6.91. The zero-order valence-corrected chi connectivity index (χ0v) is 12.1. The summed E-state index contributed by atoms with van der Waals surface area (Å²) in [5, 5.41) is 3.09. The molecule has 1 amide bonds. The van der Waals surface area contributed by atoms with E-state index < -0.39 is 17.8 Å². The number of halogens is 3. The fourth-order valence-electron chi connectivity index (χ4n) is 2.81. The molecule has 2 atom stereocenters. The molecule has 21 heavy (non-hydrogen) atoms. The first-order valence-corrected chi connectivity index (χ1v) is 6.91. The van der Waals surface area contributed by atoms with Crippen molar-refractivity contribution in [2.45, 2.75) is 31.0 Å². The molecule has 0 aliphatic carbocycles. The number of hydrogen-bond acceptors (Lipinski definition) is 2. The lowest BCUT2D eigenvalue weighted by Gasteiger charge is -2.32. The third-order valence-corrected chi connectivity index (χ3v) is 3.85. The zero-order valence-electron chi connectivity index (χ0n) is 12.1. The van der Waals surface area contributed by atoms with Gasteiger partial charge in [0.05, 0.1) is 11.6 Å². The van der Waals surface area contributed by atoms with Gasteiger partial charge in [0.1, 0.15) is 0 Å². The number of amides is 1. The summed E-state index contributed by atoms with van der Waals surface area (Å²) in [4.78, 5) is 13.5. The molecule has 3 nitrogen and oxygen atoms in total. The Balaban J connectivity index is 2.25. The zero-order chi connectivity index (χ0) is 15.6. The van der Waals surface area contributed by atoms with Crippen molar-refractivity contribution in [3.63, 3.8) is 0 Å². The Hall–Kier alpha value is -1.56. The van der Waals surface area contributed by atoms with Gasteiger partial charge in [-0.3, -0.25) is 4.79 Å². The van der Waals surface area contributed by atoms with Crippen molar-refractivity contribution in [3.8, 4) is 0 Å². The molecule has 1 aliphatic rings. The summed E-state index contributed by atoms with van der Waals surface area (Å²) in [5.74, 6) is -0.345. The van der Waals surface area contributed by atoms with Crippen LogP contribution >= 0.6 is 0 Å². The predicted molar refractivity (Wildman–Crippen MR) is 73.9 cm³/mol. The van der Waals surface area contributed by atoms with E-state index in [0.717, 1.165) is 6.07 Å². The number of nitrogens with one attached hydrogen (secondary N) is 1. The number of likely N-dealkylation sites (N-methyl/N-ethyl adjacent to an activating group) is 1. The minimum Gasteiger partial charge on any atom is -0.347 e. The first kappa shape index (κ1) is 15.8. The predicted octanol–water partition coefficient (Wildman–Crippen LogP) is 2.63. The number of carbonyl (C=O) groups excluding carboxylic acids is 1. The Labute approximate surface area is 122 Å². The van der Waals surface area contributed by atoms with Gasteiger partial charge in [0.2, 0.25) is 5.91 Å². The maximum Gasteiger partial charge on any atom is 0.416 e. The Kier molecular flexibility index (Phi) is 4.56. The van der Waals surface area contributed by atoms with Gasteiger partial charge in [-0.25, -0.2) is 0 Å². The molecule has 6 heteroatoms. The number of piperidine rings is 1. The topological polar surface area (TPSA) is 32.3 Å². The van der Waals surface area contributed by atoms with E-state index in [1.54, 1.807) is 20.2 Å². The summed E-state index contributed by atoms with van der Waals surface area (Å²) >= 11 is 0. The highest BCUT2D eigenvalue weighted by molar-refractivity contribution is 5.81. The van der Waals surface area contributed by atoms with E-state index in [0.29, 0.717) is 24.9 Å². The van der Waals surface area contributed by atoms with Gasteiger partial charge in [-0.15, -0.1) is 0 Å². The molecule has 0 saturated carbocycles. The van der Waals surface area contributed by atoms with Crippen molar-refractivity contribution in [1.82, 2.24) is 10.2 Å². The third-order valence-electron chi connectivity index (χ3n) is 3.85. The fourth-order valence-corrected chi connectivity index (χ4v) is 2.81. The van der Waals surface area contributed by atoms with Crippen molar-refractivity contribution < 1.29 is 18.0 Å². The average molecular weight is 300 g/mol. The Bertz CT molecular complexity index is 514. The highest BCUT2D eigenvalue weighted by atomic mass is 19.4. The van der Waals surface area contributed by atoms with E-state index >= 15 is 0 Å². The smallest absolute Gasteiger partial charge is 0.347 e. The molecular weight excluding hydrogens is 281 g/mol. The van der Waals surface area contributed by atoms with Gasteiger partial charge in [-0.1, -0.05) is 18.2 Å². The van der Waals surface area contributed by atoms with Crippen LogP contribution in [0.3, 0.4) is 0 Å². The summed E-state index contributed by atoms with van der Waals surface area (Å²) in [5.41, 5.74) is -0.295. The maximum atomic E-state index is 13.1. The number of rotatable bonds is 2. The van der Waals surface area contributed by atoms with Gasteiger partial charge in [-0.05, 0) is 36.9 Å². The highest BCUT2D eigenvalue weighted by Crippen LogP contribution is 2.38.